The van der Waals surface area contributed by atoms with Crippen LogP contribution >= 0.6 is 11.3 Å². The highest BCUT2D eigenvalue weighted by atomic mass is 32.1. The quantitative estimate of drug-likeness (QED) is 0.844. The Morgan fingerprint density at radius 3 is 2.88 bits per heavy atom. The number of urea groups is 1. The summed E-state index contributed by atoms with van der Waals surface area (Å²) in [5.41, 5.74) is -0.374. The lowest BCUT2D eigenvalue weighted by atomic mass is 9.90. The molecule has 1 N–H and O–H groups in total. The first-order valence-electron chi connectivity index (χ1n) is 8.70. The lowest BCUT2D eigenvalue weighted by Crippen LogP contribution is -2.40. The second-order valence-corrected chi connectivity index (χ2v) is 7.83. The van der Waals surface area contributed by atoms with Crippen LogP contribution in [0.2, 0.25) is 0 Å². The second-order valence-electron chi connectivity index (χ2n) is 6.94. The minimum Gasteiger partial charge on any atom is -0.466 e. The van der Waals surface area contributed by atoms with E-state index in [1.54, 1.807) is 30.4 Å². The maximum atomic E-state index is 12.8. The van der Waals surface area contributed by atoms with Gasteiger partial charge in [-0.2, -0.15) is 0 Å². The van der Waals surface area contributed by atoms with Crippen molar-refractivity contribution < 1.29 is 14.0 Å². The van der Waals surface area contributed by atoms with Crippen LogP contribution in [-0.2, 0) is 16.9 Å². The number of nitrogens with one attached hydrogen (secondary N) is 1. The minimum absolute atomic E-state index is 0.199. The fraction of sp³-hybridized carbons (Fsp3) is 0.500. The molecule has 25 heavy (non-hydrogen) atoms. The number of rotatable bonds is 4. The maximum absolute atomic E-state index is 12.8. The van der Waals surface area contributed by atoms with Crippen molar-refractivity contribution in [3.63, 3.8) is 0 Å². The number of amides is 3. The highest BCUT2D eigenvalue weighted by molar-refractivity contribution is 7.09. The Hall–Kier alpha value is -2.15. The van der Waals surface area contributed by atoms with Gasteiger partial charge in [0.05, 0.1) is 23.5 Å². The number of furan rings is 1. The molecule has 1 saturated carbocycles. The van der Waals surface area contributed by atoms with E-state index in [2.05, 4.69) is 5.32 Å². The van der Waals surface area contributed by atoms with Crippen molar-refractivity contribution in [3.8, 4) is 0 Å². The summed E-state index contributed by atoms with van der Waals surface area (Å²) in [7, 11) is 0. The Labute approximate surface area is 150 Å². The van der Waals surface area contributed by atoms with Gasteiger partial charge in [-0.15, -0.1) is 11.3 Å². The van der Waals surface area contributed by atoms with Crippen LogP contribution in [0.5, 0.6) is 0 Å². The van der Waals surface area contributed by atoms with Gasteiger partial charge in [-0.3, -0.25) is 9.69 Å². The molecule has 1 aliphatic heterocycles. The van der Waals surface area contributed by atoms with E-state index < -0.39 is 11.6 Å². The minimum atomic E-state index is -1.15. The number of imide groups is 1. The zero-order valence-corrected chi connectivity index (χ0v) is 15.0. The average molecular weight is 359 g/mol. The Bertz CT molecular complexity index is 779. The van der Waals surface area contributed by atoms with Gasteiger partial charge in [0.25, 0.3) is 5.91 Å². The summed E-state index contributed by atoms with van der Waals surface area (Å²) in [6.45, 7) is 1.87. The number of thiazole rings is 1. The van der Waals surface area contributed by atoms with E-state index in [0.29, 0.717) is 11.7 Å². The number of carbonyl (C=O) groups excluding carboxylic acids is 2. The van der Waals surface area contributed by atoms with E-state index in [9.17, 15) is 9.59 Å². The van der Waals surface area contributed by atoms with Gasteiger partial charge >= 0.3 is 6.03 Å². The molecule has 1 saturated heterocycles. The molecule has 0 radical (unpaired) electrons. The van der Waals surface area contributed by atoms with Crippen molar-refractivity contribution in [2.45, 2.75) is 57.0 Å². The van der Waals surface area contributed by atoms with Crippen molar-refractivity contribution in [1.82, 2.24) is 15.2 Å². The van der Waals surface area contributed by atoms with E-state index in [0.717, 1.165) is 10.7 Å². The van der Waals surface area contributed by atoms with Crippen LogP contribution in [-0.4, -0.2) is 21.8 Å². The number of hydrogen-bond acceptors (Lipinski definition) is 5. The molecule has 1 aliphatic carbocycles. The summed E-state index contributed by atoms with van der Waals surface area (Å²) < 4.78 is 5.35. The summed E-state index contributed by atoms with van der Waals surface area (Å²) in [5, 5.41) is 5.84. The van der Waals surface area contributed by atoms with Crippen molar-refractivity contribution in [3.05, 3.63) is 40.2 Å². The van der Waals surface area contributed by atoms with Gasteiger partial charge in [0.2, 0.25) is 0 Å². The summed E-state index contributed by atoms with van der Waals surface area (Å²) in [6, 6.07) is 3.00. The SMILES string of the molecule is CC1(c2ccco2)NC(=O)N(Cc2csc(C3CCCCC3)n2)C1=O. The Balaban J connectivity index is 1.50. The standard InChI is InChI=1S/C18H21N3O3S/c1-18(14-8-5-9-24-14)16(22)21(17(23)20-18)10-13-11-25-15(19-13)12-6-3-2-4-7-12/h5,8-9,11-12H,2-4,6-7,10H2,1H3,(H,20,23). The van der Waals surface area contributed by atoms with E-state index in [1.807, 2.05) is 5.38 Å². The van der Waals surface area contributed by atoms with Gasteiger partial charge in [-0.1, -0.05) is 19.3 Å². The van der Waals surface area contributed by atoms with Crippen LogP contribution in [0.15, 0.2) is 28.2 Å². The average Bonchev–Trinajstić information content (AvgIpc) is 3.34. The van der Waals surface area contributed by atoms with Crippen LogP contribution in [0, 0.1) is 0 Å². The molecule has 3 heterocycles. The van der Waals surface area contributed by atoms with Gasteiger partial charge in [0, 0.05) is 11.3 Å². The molecule has 2 fully saturated rings. The lowest BCUT2D eigenvalue weighted by molar-refractivity contribution is -0.132. The third-order valence-electron chi connectivity index (χ3n) is 5.13. The van der Waals surface area contributed by atoms with Crippen LogP contribution < -0.4 is 5.32 Å². The zero-order chi connectivity index (χ0) is 17.4. The third-order valence-corrected chi connectivity index (χ3v) is 6.19. The predicted molar refractivity (Wildman–Crippen MR) is 93.1 cm³/mol. The van der Waals surface area contributed by atoms with Crippen molar-refractivity contribution in [2.24, 2.45) is 0 Å². The van der Waals surface area contributed by atoms with Crippen molar-refractivity contribution in [1.29, 1.82) is 0 Å². The summed E-state index contributed by atoms with van der Waals surface area (Å²) in [5.74, 6) is 0.665. The molecule has 1 atom stereocenters. The molecule has 2 aromatic heterocycles. The number of carbonyl (C=O) groups is 2. The molecule has 132 valence electrons. The van der Waals surface area contributed by atoms with Gasteiger partial charge in [-0.05, 0) is 31.9 Å². The van der Waals surface area contributed by atoms with E-state index >= 15 is 0 Å². The molecule has 3 amide bonds. The first-order chi connectivity index (χ1) is 12.1. The highest BCUT2D eigenvalue weighted by Gasteiger charge is 2.51. The van der Waals surface area contributed by atoms with E-state index in [-0.39, 0.29) is 12.5 Å². The fourth-order valence-corrected chi connectivity index (χ4v) is 4.65. The normalized spacial score (nSPS) is 24.8. The molecule has 0 bridgehead atoms. The van der Waals surface area contributed by atoms with Gasteiger partial charge in [0.15, 0.2) is 5.54 Å². The number of nitrogens with zero attached hydrogens (tertiary/aromatic N) is 2. The first kappa shape index (κ1) is 16.3. The number of aromatic nitrogens is 1. The molecular formula is C18H21N3O3S. The molecular weight excluding hydrogens is 338 g/mol. The summed E-state index contributed by atoms with van der Waals surface area (Å²) in [6.07, 6.45) is 7.70. The summed E-state index contributed by atoms with van der Waals surface area (Å²) >= 11 is 1.64. The monoisotopic (exact) mass is 359 g/mol. The predicted octanol–water partition coefficient (Wildman–Crippen LogP) is 3.75. The molecule has 1 unspecified atom stereocenters. The van der Waals surface area contributed by atoms with Crippen molar-refractivity contribution >= 4 is 23.3 Å². The Kier molecular flexibility index (Phi) is 4.11. The van der Waals surface area contributed by atoms with Crippen LogP contribution in [0.1, 0.15) is 61.4 Å². The smallest absolute Gasteiger partial charge is 0.325 e. The molecule has 7 heteroatoms. The van der Waals surface area contributed by atoms with Crippen LogP contribution in [0.25, 0.3) is 0 Å². The van der Waals surface area contributed by atoms with Crippen LogP contribution in [0.3, 0.4) is 0 Å². The molecule has 0 aromatic carbocycles. The third kappa shape index (κ3) is 2.86. The second kappa shape index (κ2) is 6.29. The van der Waals surface area contributed by atoms with Gasteiger partial charge in [0.1, 0.15) is 5.76 Å². The highest BCUT2D eigenvalue weighted by Crippen LogP contribution is 2.35. The lowest BCUT2D eigenvalue weighted by Gasteiger charge is -2.19. The van der Waals surface area contributed by atoms with E-state index in [1.165, 1.54) is 43.3 Å². The molecule has 0 spiro atoms. The molecule has 2 aliphatic rings. The maximum Gasteiger partial charge on any atom is 0.325 e. The van der Waals surface area contributed by atoms with Crippen LogP contribution in [0.4, 0.5) is 4.79 Å². The zero-order valence-electron chi connectivity index (χ0n) is 14.2. The molecule has 2 aromatic rings. The number of hydrogen-bond donors (Lipinski definition) is 1. The Morgan fingerprint density at radius 2 is 2.16 bits per heavy atom. The summed E-state index contributed by atoms with van der Waals surface area (Å²) in [4.78, 5) is 31.1. The largest absolute Gasteiger partial charge is 0.466 e. The van der Waals surface area contributed by atoms with Gasteiger partial charge < -0.3 is 9.73 Å². The Morgan fingerprint density at radius 1 is 1.36 bits per heavy atom. The van der Waals surface area contributed by atoms with Crippen molar-refractivity contribution in [2.75, 3.05) is 0 Å². The molecule has 6 nitrogen and oxygen atoms in total. The molecule has 4 rings (SSSR count). The first-order valence-corrected chi connectivity index (χ1v) is 9.58. The fourth-order valence-electron chi connectivity index (χ4n) is 3.66. The van der Waals surface area contributed by atoms with Gasteiger partial charge in [-0.25, -0.2) is 9.78 Å². The van der Waals surface area contributed by atoms with E-state index in [4.69, 9.17) is 9.40 Å². The topological polar surface area (TPSA) is 75.4 Å².